The van der Waals surface area contributed by atoms with Crippen LogP contribution in [0.25, 0.3) is 0 Å². The van der Waals surface area contributed by atoms with Crippen molar-refractivity contribution in [3.63, 3.8) is 0 Å². The number of hydrogen-bond donors (Lipinski definition) is 1. The van der Waals surface area contributed by atoms with Crippen LogP contribution in [0.5, 0.6) is 0 Å². The Hall–Kier alpha value is -1.09. The van der Waals surface area contributed by atoms with Crippen LogP contribution in [0.3, 0.4) is 0 Å². The van der Waals surface area contributed by atoms with Gasteiger partial charge in [0.2, 0.25) is 0 Å². The molecule has 0 saturated heterocycles. The van der Waals surface area contributed by atoms with E-state index in [1.165, 1.54) is 32.1 Å². The van der Waals surface area contributed by atoms with E-state index in [0.29, 0.717) is 6.04 Å². The van der Waals surface area contributed by atoms with Gasteiger partial charge in [0.25, 0.3) is 0 Å². The molecule has 3 heteroatoms. The summed E-state index contributed by atoms with van der Waals surface area (Å²) in [7, 11) is 2.05. The van der Waals surface area contributed by atoms with E-state index in [1.54, 1.807) is 6.07 Å². The van der Waals surface area contributed by atoms with Gasteiger partial charge in [-0.1, -0.05) is 38.3 Å². The third-order valence-corrected chi connectivity index (χ3v) is 4.47. The van der Waals surface area contributed by atoms with Crippen molar-refractivity contribution in [1.82, 2.24) is 5.32 Å². The number of para-hydroxylation sites is 1. The number of benzene rings is 1. The maximum Gasteiger partial charge on any atom is 0.146 e. The third kappa shape index (κ3) is 3.32. The molecule has 1 aliphatic carbocycles. The van der Waals surface area contributed by atoms with Crippen molar-refractivity contribution >= 4 is 5.69 Å². The summed E-state index contributed by atoms with van der Waals surface area (Å²) in [4.78, 5) is 2.18. The second-order valence-electron chi connectivity index (χ2n) is 5.86. The lowest BCUT2D eigenvalue weighted by Gasteiger charge is -2.35. The number of halogens is 1. The van der Waals surface area contributed by atoms with E-state index < -0.39 is 0 Å². The molecule has 1 saturated carbocycles. The monoisotopic (exact) mass is 278 g/mol. The molecule has 0 amide bonds. The Morgan fingerprint density at radius 1 is 1.30 bits per heavy atom. The largest absolute Gasteiger partial charge is 0.369 e. The lowest BCUT2D eigenvalue weighted by molar-refractivity contribution is 0.422. The predicted molar refractivity (Wildman–Crippen MR) is 83.8 cm³/mol. The average Bonchev–Trinajstić information content (AvgIpc) is 2.47. The van der Waals surface area contributed by atoms with Crippen LogP contribution < -0.4 is 10.2 Å². The molecule has 1 unspecified atom stereocenters. The van der Waals surface area contributed by atoms with Gasteiger partial charge in [0.15, 0.2) is 0 Å². The zero-order chi connectivity index (χ0) is 14.5. The highest BCUT2D eigenvalue weighted by molar-refractivity contribution is 5.56. The van der Waals surface area contributed by atoms with Crippen molar-refractivity contribution in [3.05, 3.63) is 29.6 Å². The number of nitrogens with zero attached hydrogens (tertiary/aromatic N) is 1. The topological polar surface area (TPSA) is 15.3 Å². The Morgan fingerprint density at radius 2 is 2.00 bits per heavy atom. The summed E-state index contributed by atoms with van der Waals surface area (Å²) in [6.07, 6.45) is 6.21. The van der Waals surface area contributed by atoms with E-state index >= 15 is 0 Å². The van der Waals surface area contributed by atoms with Crippen molar-refractivity contribution in [3.8, 4) is 0 Å². The molecule has 0 bridgehead atoms. The Balaban J connectivity index is 2.28. The molecule has 1 aliphatic rings. The number of nitrogens with one attached hydrogen (secondary N) is 1. The third-order valence-electron chi connectivity index (χ3n) is 4.47. The van der Waals surface area contributed by atoms with Crippen molar-refractivity contribution in [2.75, 3.05) is 18.5 Å². The van der Waals surface area contributed by atoms with Crippen molar-refractivity contribution in [1.29, 1.82) is 0 Å². The Labute approximate surface area is 122 Å². The van der Waals surface area contributed by atoms with E-state index in [-0.39, 0.29) is 11.9 Å². The number of anilines is 1. The Morgan fingerprint density at radius 3 is 2.65 bits per heavy atom. The first-order chi connectivity index (χ1) is 9.65. The van der Waals surface area contributed by atoms with Crippen molar-refractivity contribution in [2.24, 2.45) is 0 Å². The fraction of sp³-hybridized carbons (Fsp3) is 0.647. The van der Waals surface area contributed by atoms with Crippen molar-refractivity contribution < 1.29 is 4.39 Å². The quantitative estimate of drug-likeness (QED) is 0.865. The normalized spacial score (nSPS) is 18.0. The smallest absolute Gasteiger partial charge is 0.146 e. The highest BCUT2D eigenvalue weighted by atomic mass is 19.1. The van der Waals surface area contributed by atoms with Gasteiger partial charge in [0.1, 0.15) is 5.82 Å². The van der Waals surface area contributed by atoms with Gasteiger partial charge in [-0.2, -0.15) is 0 Å². The summed E-state index contributed by atoms with van der Waals surface area (Å²) in [6, 6.07) is 6.10. The minimum absolute atomic E-state index is 0.0969. The molecule has 0 spiro atoms. The summed E-state index contributed by atoms with van der Waals surface area (Å²) >= 11 is 0. The van der Waals surface area contributed by atoms with Gasteiger partial charge in [-0.05, 0) is 37.9 Å². The fourth-order valence-corrected chi connectivity index (χ4v) is 3.32. The fourth-order valence-electron chi connectivity index (χ4n) is 3.32. The molecule has 1 aromatic carbocycles. The Bertz CT molecular complexity index is 427. The molecule has 0 heterocycles. The molecule has 2 nitrogen and oxygen atoms in total. The molecule has 1 fully saturated rings. The zero-order valence-electron chi connectivity index (χ0n) is 13.0. The molecule has 20 heavy (non-hydrogen) atoms. The lowest BCUT2D eigenvalue weighted by atomic mass is 9.93. The number of rotatable bonds is 5. The molecular weight excluding hydrogens is 251 g/mol. The van der Waals surface area contributed by atoms with Crippen LogP contribution in [-0.2, 0) is 0 Å². The molecule has 0 aromatic heterocycles. The highest BCUT2D eigenvalue weighted by Gasteiger charge is 2.24. The van der Waals surface area contributed by atoms with Crippen LogP contribution in [0.4, 0.5) is 10.1 Å². The lowest BCUT2D eigenvalue weighted by Crippen LogP contribution is -2.35. The summed E-state index contributed by atoms with van der Waals surface area (Å²) in [6.45, 7) is 5.08. The van der Waals surface area contributed by atoms with E-state index in [0.717, 1.165) is 17.8 Å². The van der Waals surface area contributed by atoms with Crippen LogP contribution in [0.1, 0.15) is 57.6 Å². The Kier molecular flexibility index (Phi) is 5.41. The minimum Gasteiger partial charge on any atom is -0.369 e. The van der Waals surface area contributed by atoms with Crippen LogP contribution in [-0.4, -0.2) is 19.6 Å². The summed E-state index contributed by atoms with van der Waals surface area (Å²) < 4.78 is 14.4. The SMILES string of the molecule is CCNC(C)c1cccc(F)c1N(C)C1CCCCC1. The van der Waals surface area contributed by atoms with Crippen molar-refractivity contribution in [2.45, 2.75) is 58.0 Å². The van der Waals surface area contributed by atoms with Crippen LogP contribution >= 0.6 is 0 Å². The maximum absolute atomic E-state index is 14.4. The zero-order valence-corrected chi connectivity index (χ0v) is 13.0. The van der Waals surface area contributed by atoms with Gasteiger partial charge in [-0.3, -0.25) is 0 Å². The standard InChI is InChI=1S/C17H27FN2/c1-4-19-13(2)15-11-8-12-16(18)17(15)20(3)14-9-6-5-7-10-14/h8,11-14,19H,4-7,9-10H2,1-3H3. The number of hydrogen-bond acceptors (Lipinski definition) is 2. The van der Waals surface area contributed by atoms with Gasteiger partial charge in [-0.15, -0.1) is 0 Å². The maximum atomic E-state index is 14.4. The summed E-state index contributed by atoms with van der Waals surface area (Å²) in [5.74, 6) is -0.0969. The van der Waals surface area contributed by atoms with Gasteiger partial charge >= 0.3 is 0 Å². The van der Waals surface area contributed by atoms with Crippen LogP contribution in [0, 0.1) is 5.82 Å². The second-order valence-corrected chi connectivity index (χ2v) is 5.86. The summed E-state index contributed by atoms with van der Waals surface area (Å²) in [5.41, 5.74) is 1.85. The van der Waals surface area contributed by atoms with Crippen LogP contribution in [0.15, 0.2) is 18.2 Å². The predicted octanol–water partition coefficient (Wildman–Crippen LogP) is 4.27. The first-order valence-electron chi connectivity index (χ1n) is 7.89. The molecule has 1 aromatic rings. The second kappa shape index (κ2) is 7.07. The summed E-state index contributed by atoms with van der Waals surface area (Å²) in [5, 5.41) is 3.39. The first kappa shape index (κ1) is 15.3. The van der Waals surface area contributed by atoms with E-state index in [2.05, 4.69) is 31.1 Å². The van der Waals surface area contributed by atoms with Gasteiger partial charge in [0, 0.05) is 19.1 Å². The molecule has 0 radical (unpaired) electrons. The van der Waals surface area contributed by atoms with E-state index in [1.807, 2.05) is 12.1 Å². The van der Waals surface area contributed by atoms with Gasteiger partial charge in [-0.25, -0.2) is 4.39 Å². The first-order valence-corrected chi connectivity index (χ1v) is 7.89. The van der Waals surface area contributed by atoms with Gasteiger partial charge < -0.3 is 10.2 Å². The molecule has 1 N–H and O–H groups in total. The highest BCUT2D eigenvalue weighted by Crippen LogP contribution is 2.33. The molecule has 0 aliphatic heterocycles. The average molecular weight is 278 g/mol. The molecule has 112 valence electrons. The minimum atomic E-state index is -0.0969. The van der Waals surface area contributed by atoms with E-state index in [4.69, 9.17) is 0 Å². The van der Waals surface area contributed by atoms with Crippen LogP contribution in [0.2, 0.25) is 0 Å². The molecule has 1 atom stereocenters. The molecule has 2 rings (SSSR count). The van der Waals surface area contributed by atoms with E-state index in [9.17, 15) is 4.39 Å². The van der Waals surface area contributed by atoms with Gasteiger partial charge in [0.05, 0.1) is 5.69 Å². The molecular formula is C17H27FN2.